The monoisotopic (exact) mass is 407 g/mol. The van der Waals surface area contributed by atoms with Gasteiger partial charge in [0.1, 0.15) is 17.9 Å². The third kappa shape index (κ3) is 4.48. The Labute approximate surface area is 175 Å². The van der Waals surface area contributed by atoms with Crippen molar-refractivity contribution in [3.63, 3.8) is 0 Å². The second-order valence-corrected chi connectivity index (χ2v) is 7.67. The van der Waals surface area contributed by atoms with E-state index in [2.05, 4.69) is 6.92 Å². The van der Waals surface area contributed by atoms with Crippen LogP contribution in [0, 0.1) is 5.92 Å². The number of fused-ring (bicyclic) bond motifs is 1. The summed E-state index contributed by atoms with van der Waals surface area (Å²) in [7, 11) is 0. The van der Waals surface area contributed by atoms with E-state index in [1.165, 1.54) is 0 Å². The standard InChI is InChI=1S/C24H25NO5/c1-17-8-7-13-25(14-17)22(26)16-29-24(27)23-20(15-28-18-9-3-2-4-10-18)19-11-5-6-12-21(19)30-23/h2-6,9-12,17H,7-8,13-16H2,1H3/t17-/m0/s1. The average Bonchev–Trinajstić information content (AvgIpc) is 3.15. The summed E-state index contributed by atoms with van der Waals surface area (Å²) < 4.78 is 16.9. The van der Waals surface area contributed by atoms with Gasteiger partial charge in [-0.2, -0.15) is 0 Å². The van der Waals surface area contributed by atoms with Crippen molar-refractivity contribution < 1.29 is 23.5 Å². The largest absolute Gasteiger partial charge is 0.489 e. The number of carbonyl (C=O) groups excluding carboxylic acids is 2. The quantitative estimate of drug-likeness (QED) is 0.566. The van der Waals surface area contributed by atoms with Crippen molar-refractivity contribution in [2.24, 2.45) is 5.92 Å². The fourth-order valence-corrected chi connectivity index (χ4v) is 3.78. The molecule has 0 N–H and O–H groups in total. The molecule has 0 unspecified atom stereocenters. The maximum atomic E-state index is 12.8. The zero-order valence-corrected chi connectivity index (χ0v) is 17.0. The smallest absolute Gasteiger partial charge is 0.375 e. The molecular weight excluding hydrogens is 382 g/mol. The van der Waals surface area contributed by atoms with Gasteiger partial charge in [0.05, 0.1) is 5.56 Å². The van der Waals surface area contributed by atoms with Crippen molar-refractivity contribution in [3.8, 4) is 5.75 Å². The molecule has 0 aliphatic carbocycles. The molecule has 1 aliphatic rings. The van der Waals surface area contributed by atoms with Gasteiger partial charge in [-0.15, -0.1) is 0 Å². The summed E-state index contributed by atoms with van der Waals surface area (Å²) in [5.74, 6) is 0.406. The van der Waals surface area contributed by atoms with Crippen LogP contribution in [0.4, 0.5) is 0 Å². The van der Waals surface area contributed by atoms with Gasteiger partial charge in [-0.05, 0) is 37.0 Å². The van der Waals surface area contributed by atoms with Crippen LogP contribution in [0.3, 0.4) is 0 Å². The number of hydrogen-bond acceptors (Lipinski definition) is 5. The fraction of sp³-hybridized carbons (Fsp3) is 0.333. The zero-order chi connectivity index (χ0) is 20.9. The normalized spacial score (nSPS) is 16.4. The number of ether oxygens (including phenoxy) is 2. The van der Waals surface area contributed by atoms with E-state index in [1.807, 2.05) is 48.5 Å². The lowest BCUT2D eigenvalue weighted by Gasteiger charge is -2.30. The molecule has 1 aromatic heterocycles. The van der Waals surface area contributed by atoms with E-state index in [4.69, 9.17) is 13.9 Å². The first-order chi connectivity index (χ1) is 14.6. The van der Waals surface area contributed by atoms with Crippen LogP contribution >= 0.6 is 0 Å². The molecule has 0 spiro atoms. The predicted molar refractivity (Wildman–Crippen MR) is 112 cm³/mol. The zero-order valence-electron chi connectivity index (χ0n) is 17.0. The van der Waals surface area contributed by atoms with Crippen LogP contribution in [0.15, 0.2) is 59.0 Å². The first-order valence-corrected chi connectivity index (χ1v) is 10.2. The average molecular weight is 407 g/mol. The Balaban J connectivity index is 1.48. The van der Waals surface area contributed by atoms with Gasteiger partial charge in [0.15, 0.2) is 6.61 Å². The molecule has 1 amide bonds. The number of carbonyl (C=O) groups is 2. The van der Waals surface area contributed by atoms with Crippen LogP contribution in [-0.4, -0.2) is 36.5 Å². The Bertz CT molecular complexity index is 1030. The maximum absolute atomic E-state index is 12.8. The second-order valence-electron chi connectivity index (χ2n) is 7.67. The molecule has 0 saturated carbocycles. The number of esters is 1. The summed E-state index contributed by atoms with van der Waals surface area (Å²) in [6.07, 6.45) is 2.10. The Hall–Kier alpha value is -3.28. The van der Waals surface area contributed by atoms with Gasteiger partial charge in [-0.1, -0.05) is 43.3 Å². The number of piperidine rings is 1. The molecule has 1 fully saturated rings. The molecule has 6 nitrogen and oxygen atoms in total. The number of hydrogen-bond donors (Lipinski definition) is 0. The van der Waals surface area contributed by atoms with Crippen LogP contribution in [0.25, 0.3) is 11.0 Å². The van der Waals surface area contributed by atoms with Crippen LogP contribution in [0.5, 0.6) is 5.75 Å². The van der Waals surface area contributed by atoms with Crippen molar-refractivity contribution in [1.82, 2.24) is 4.90 Å². The number of furan rings is 1. The third-order valence-corrected chi connectivity index (χ3v) is 5.35. The number of likely N-dealkylation sites (tertiary alicyclic amines) is 1. The third-order valence-electron chi connectivity index (χ3n) is 5.35. The molecule has 30 heavy (non-hydrogen) atoms. The molecule has 3 aromatic rings. The number of para-hydroxylation sites is 2. The van der Waals surface area contributed by atoms with Crippen molar-refractivity contribution in [2.75, 3.05) is 19.7 Å². The fourth-order valence-electron chi connectivity index (χ4n) is 3.78. The SMILES string of the molecule is C[C@H]1CCCN(C(=O)COC(=O)c2oc3ccccc3c2COc2ccccc2)C1. The van der Waals surface area contributed by atoms with E-state index in [0.29, 0.717) is 35.9 Å². The highest BCUT2D eigenvalue weighted by Gasteiger charge is 2.25. The summed E-state index contributed by atoms with van der Waals surface area (Å²) in [6, 6.07) is 16.7. The van der Waals surface area contributed by atoms with Gasteiger partial charge >= 0.3 is 5.97 Å². The summed E-state index contributed by atoms with van der Waals surface area (Å²) in [4.78, 5) is 27.0. The Kier molecular flexibility index (Phi) is 6.02. The summed E-state index contributed by atoms with van der Waals surface area (Å²) >= 11 is 0. The van der Waals surface area contributed by atoms with Crippen LogP contribution in [0.1, 0.15) is 35.9 Å². The lowest BCUT2D eigenvalue weighted by atomic mass is 10.0. The van der Waals surface area contributed by atoms with Crippen LogP contribution in [0.2, 0.25) is 0 Å². The van der Waals surface area contributed by atoms with Gasteiger partial charge in [0, 0.05) is 18.5 Å². The van der Waals surface area contributed by atoms with Gasteiger partial charge in [-0.25, -0.2) is 4.79 Å². The molecular formula is C24H25NO5. The number of nitrogens with zero attached hydrogens (tertiary/aromatic N) is 1. The highest BCUT2D eigenvalue weighted by atomic mass is 16.5. The van der Waals surface area contributed by atoms with E-state index >= 15 is 0 Å². The van der Waals surface area contributed by atoms with Crippen molar-refractivity contribution in [3.05, 3.63) is 65.9 Å². The molecule has 2 aromatic carbocycles. The lowest BCUT2D eigenvalue weighted by Crippen LogP contribution is -2.41. The number of rotatable bonds is 6. The van der Waals surface area contributed by atoms with Crippen molar-refractivity contribution in [2.45, 2.75) is 26.4 Å². The van der Waals surface area contributed by atoms with Crippen molar-refractivity contribution >= 4 is 22.8 Å². The number of benzene rings is 2. The minimum Gasteiger partial charge on any atom is -0.489 e. The summed E-state index contributed by atoms with van der Waals surface area (Å²) in [5, 5.41) is 0.788. The van der Waals surface area contributed by atoms with Crippen LogP contribution in [-0.2, 0) is 16.1 Å². The highest BCUT2D eigenvalue weighted by molar-refractivity contribution is 5.96. The molecule has 1 atom stereocenters. The van der Waals surface area contributed by atoms with Crippen LogP contribution < -0.4 is 4.74 Å². The van der Waals surface area contributed by atoms with E-state index in [-0.39, 0.29) is 24.9 Å². The minimum atomic E-state index is -0.656. The second kappa shape index (κ2) is 9.03. The first-order valence-electron chi connectivity index (χ1n) is 10.2. The highest BCUT2D eigenvalue weighted by Crippen LogP contribution is 2.28. The van der Waals surface area contributed by atoms with E-state index in [9.17, 15) is 9.59 Å². The lowest BCUT2D eigenvalue weighted by molar-refractivity contribution is -0.136. The Morgan fingerprint density at radius 3 is 2.67 bits per heavy atom. The van der Waals surface area contributed by atoms with Gasteiger partial charge in [-0.3, -0.25) is 4.79 Å². The number of amides is 1. The summed E-state index contributed by atoms with van der Waals surface area (Å²) in [5.41, 5.74) is 1.19. The van der Waals surface area contributed by atoms with E-state index < -0.39 is 5.97 Å². The molecule has 1 saturated heterocycles. The Morgan fingerprint density at radius 2 is 1.87 bits per heavy atom. The summed E-state index contributed by atoms with van der Waals surface area (Å²) in [6.45, 7) is 3.40. The molecule has 1 aliphatic heterocycles. The van der Waals surface area contributed by atoms with E-state index in [0.717, 1.165) is 18.2 Å². The Morgan fingerprint density at radius 1 is 1.10 bits per heavy atom. The molecule has 156 valence electrons. The maximum Gasteiger partial charge on any atom is 0.375 e. The van der Waals surface area contributed by atoms with Gasteiger partial charge in [0.25, 0.3) is 5.91 Å². The first kappa shape index (κ1) is 20.0. The molecule has 6 heteroatoms. The van der Waals surface area contributed by atoms with Gasteiger partial charge in [0.2, 0.25) is 5.76 Å². The molecule has 4 rings (SSSR count). The molecule has 0 bridgehead atoms. The van der Waals surface area contributed by atoms with Gasteiger partial charge < -0.3 is 18.8 Å². The predicted octanol–water partition coefficient (Wildman–Crippen LogP) is 4.43. The van der Waals surface area contributed by atoms with E-state index in [1.54, 1.807) is 11.0 Å². The minimum absolute atomic E-state index is 0.0759. The topological polar surface area (TPSA) is 69.0 Å². The molecule has 2 heterocycles. The van der Waals surface area contributed by atoms with Crippen molar-refractivity contribution in [1.29, 1.82) is 0 Å². The molecule has 0 radical (unpaired) electrons.